The number of hydrogen-bond donors (Lipinski definition) is 3. The first-order chi connectivity index (χ1) is 5.61. The Hall–Kier alpha value is -0.320. The van der Waals surface area contributed by atoms with Gasteiger partial charge in [0.05, 0.1) is 0 Å². The number of nitrogens with one attached hydrogen (secondary N) is 1. The van der Waals surface area contributed by atoms with Gasteiger partial charge in [0.2, 0.25) is 0 Å². The molecule has 0 bridgehead atoms. The lowest BCUT2D eigenvalue weighted by atomic mass is 9.98. The van der Waals surface area contributed by atoms with Crippen molar-refractivity contribution in [2.75, 3.05) is 6.54 Å². The van der Waals surface area contributed by atoms with Crippen LogP contribution in [0.25, 0.3) is 0 Å². The van der Waals surface area contributed by atoms with Gasteiger partial charge >= 0.3 is 5.97 Å². The lowest BCUT2D eigenvalue weighted by Gasteiger charge is -2.28. The van der Waals surface area contributed by atoms with Gasteiger partial charge in [-0.05, 0) is 12.8 Å². The third-order valence-corrected chi connectivity index (χ3v) is 2.48. The lowest BCUT2D eigenvalue weighted by molar-refractivity contribution is -0.139. The molecule has 12 heavy (non-hydrogen) atoms. The summed E-state index contributed by atoms with van der Waals surface area (Å²) in [7, 11) is 0. The van der Waals surface area contributed by atoms with E-state index >= 15 is 0 Å². The highest BCUT2D eigenvalue weighted by atomic mass is 35.5. The molecule has 0 aliphatic carbocycles. The zero-order valence-corrected chi connectivity index (χ0v) is 7.42. The van der Waals surface area contributed by atoms with Crippen molar-refractivity contribution in [3.05, 3.63) is 0 Å². The van der Waals surface area contributed by atoms with E-state index in [1.54, 1.807) is 0 Å². The number of rotatable bonds is 2. The van der Waals surface area contributed by atoms with Crippen LogP contribution in [0.4, 0.5) is 0 Å². The molecule has 3 atom stereocenters. The maximum absolute atomic E-state index is 10.5. The third-order valence-electron chi connectivity index (χ3n) is 2.11. The molecule has 4 nitrogen and oxygen atoms in total. The van der Waals surface area contributed by atoms with E-state index in [1.165, 1.54) is 0 Å². The number of carboxylic acids is 1. The van der Waals surface area contributed by atoms with Crippen molar-refractivity contribution in [2.45, 2.75) is 30.3 Å². The monoisotopic (exact) mass is 192 g/mol. The number of nitrogens with two attached hydrogens (primary N) is 1. The van der Waals surface area contributed by atoms with E-state index in [1.807, 2.05) is 0 Å². The molecule has 0 aromatic carbocycles. The SMILES string of the molecule is N[C@H](C(=O)O)[C@H]1CC[C@H](Cl)CN1. The molecule has 0 saturated carbocycles. The largest absolute Gasteiger partial charge is 0.480 e. The van der Waals surface area contributed by atoms with Gasteiger partial charge in [-0.2, -0.15) is 0 Å². The van der Waals surface area contributed by atoms with Gasteiger partial charge in [-0.3, -0.25) is 4.79 Å². The summed E-state index contributed by atoms with van der Waals surface area (Å²) < 4.78 is 0. The molecule has 1 fully saturated rings. The van der Waals surface area contributed by atoms with E-state index in [0.29, 0.717) is 6.54 Å². The molecule has 1 aliphatic heterocycles. The molecule has 0 unspecified atom stereocenters. The van der Waals surface area contributed by atoms with E-state index < -0.39 is 12.0 Å². The number of alkyl halides is 1. The number of carboxylic acid groups (broad SMARTS) is 1. The van der Waals surface area contributed by atoms with Crippen LogP contribution in [-0.2, 0) is 4.79 Å². The highest BCUT2D eigenvalue weighted by Gasteiger charge is 2.27. The zero-order chi connectivity index (χ0) is 9.14. The van der Waals surface area contributed by atoms with Crippen molar-refractivity contribution in [3.63, 3.8) is 0 Å². The Labute approximate surface area is 76.1 Å². The van der Waals surface area contributed by atoms with Gasteiger partial charge in [0.15, 0.2) is 0 Å². The quantitative estimate of drug-likeness (QED) is 0.528. The Bertz CT molecular complexity index is 169. The van der Waals surface area contributed by atoms with E-state index in [2.05, 4.69) is 5.32 Å². The lowest BCUT2D eigenvalue weighted by Crippen LogP contribution is -2.53. The Morgan fingerprint density at radius 3 is 2.75 bits per heavy atom. The smallest absolute Gasteiger partial charge is 0.322 e. The summed E-state index contributed by atoms with van der Waals surface area (Å²) >= 11 is 5.82. The van der Waals surface area contributed by atoms with Crippen molar-refractivity contribution in [1.29, 1.82) is 0 Å². The highest BCUT2D eigenvalue weighted by molar-refractivity contribution is 6.20. The van der Waals surface area contributed by atoms with Crippen LogP contribution in [0.5, 0.6) is 0 Å². The van der Waals surface area contributed by atoms with Crippen LogP contribution in [0.15, 0.2) is 0 Å². The minimum absolute atomic E-state index is 0.113. The fraction of sp³-hybridized carbons (Fsp3) is 0.857. The first-order valence-electron chi connectivity index (χ1n) is 3.97. The molecule has 5 heteroatoms. The summed E-state index contributed by atoms with van der Waals surface area (Å²) in [5.41, 5.74) is 5.43. The Kier molecular flexibility index (Phi) is 3.31. The molecule has 0 aromatic rings. The summed E-state index contributed by atoms with van der Waals surface area (Å²) in [4.78, 5) is 10.5. The van der Waals surface area contributed by atoms with Crippen molar-refractivity contribution in [3.8, 4) is 0 Å². The second kappa shape index (κ2) is 4.07. The van der Waals surface area contributed by atoms with E-state index in [9.17, 15) is 4.79 Å². The third kappa shape index (κ3) is 2.33. The Morgan fingerprint density at radius 2 is 2.33 bits per heavy atom. The Morgan fingerprint density at radius 1 is 1.67 bits per heavy atom. The van der Waals surface area contributed by atoms with Crippen LogP contribution in [0.1, 0.15) is 12.8 Å². The summed E-state index contributed by atoms with van der Waals surface area (Å²) in [6.07, 6.45) is 1.57. The molecule has 0 spiro atoms. The van der Waals surface area contributed by atoms with E-state index in [-0.39, 0.29) is 11.4 Å². The van der Waals surface area contributed by atoms with Crippen LogP contribution < -0.4 is 11.1 Å². The minimum Gasteiger partial charge on any atom is -0.480 e. The summed E-state index contributed by atoms with van der Waals surface area (Å²) in [5.74, 6) is -0.958. The van der Waals surface area contributed by atoms with E-state index in [4.69, 9.17) is 22.4 Å². The van der Waals surface area contributed by atoms with Gasteiger partial charge in [-0.1, -0.05) is 0 Å². The second-order valence-corrected chi connectivity index (χ2v) is 3.67. The molecule has 0 amide bonds. The van der Waals surface area contributed by atoms with E-state index in [0.717, 1.165) is 12.8 Å². The maximum Gasteiger partial charge on any atom is 0.322 e. The average molecular weight is 193 g/mol. The van der Waals surface area contributed by atoms with Crippen LogP contribution >= 0.6 is 11.6 Å². The number of halogens is 1. The van der Waals surface area contributed by atoms with Crippen molar-refractivity contribution in [1.82, 2.24) is 5.32 Å². The van der Waals surface area contributed by atoms with Crippen LogP contribution in [0, 0.1) is 0 Å². The van der Waals surface area contributed by atoms with Crippen molar-refractivity contribution in [2.24, 2.45) is 5.73 Å². The van der Waals surface area contributed by atoms with Gasteiger partial charge < -0.3 is 16.2 Å². The average Bonchev–Trinajstić information content (AvgIpc) is 2.04. The molecule has 0 radical (unpaired) electrons. The highest BCUT2D eigenvalue weighted by Crippen LogP contribution is 2.14. The molecular formula is C7H13ClN2O2. The van der Waals surface area contributed by atoms with Crippen LogP contribution in [0.3, 0.4) is 0 Å². The second-order valence-electron chi connectivity index (χ2n) is 3.05. The summed E-state index contributed by atoms with van der Waals surface area (Å²) in [5, 5.41) is 11.7. The normalized spacial score (nSPS) is 32.8. The maximum atomic E-state index is 10.5. The number of hydrogen-bond acceptors (Lipinski definition) is 3. The molecule has 1 rings (SSSR count). The predicted molar refractivity (Wildman–Crippen MR) is 46.3 cm³/mol. The Balaban J connectivity index is 2.39. The van der Waals surface area contributed by atoms with Crippen molar-refractivity contribution >= 4 is 17.6 Å². The number of carbonyl (C=O) groups is 1. The standard InChI is InChI=1S/C7H13ClN2O2/c8-4-1-2-5(10-3-4)6(9)7(11)12/h4-6,10H,1-3,9H2,(H,11,12)/t4-,5+,6-/m0/s1. The van der Waals surface area contributed by atoms with Gasteiger partial charge in [0.1, 0.15) is 6.04 Å². The molecule has 1 saturated heterocycles. The molecule has 1 heterocycles. The minimum atomic E-state index is -0.958. The van der Waals surface area contributed by atoms with Crippen LogP contribution in [-0.4, -0.2) is 35.1 Å². The molecule has 0 aromatic heterocycles. The van der Waals surface area contributed by atoms with Gasteiger partial charge in [-0.25, -0.2) is 0 Å². The number of aliphatic carboxylic acids is 1. The molecule has 1 aliphatic rings. The number of piperidine rings is 1. The topological polar surface area (TPSA) is 75.4 Å². The van der Waals surface area contributed by atoms with Gasteiger partial charge in [-0.15, -0.1) is 11.6 Å². The molecule has 4 N–H and O–H groups in total. The van der Waals surface area contributed by atoms with Gasteiger partial charge in [0, 0.05) is 18.0 Å². The first-order valence-corrected chi connectivity index (χ1v) is 4.40. The predicted octanol–water partition coefficient (Wildman–Crippen LogP) is -0.242. The summed E-state index contributed by atoms with van der Waals surface area (Å²) in [6.45, 7) is 0.646. The molecule has 70 valence electrons. The van der Waals surface area contributed by atoms with Crippen molar-refractivity contribution < 1.29 is 9.90 Å². The zero-order valence-electron chi connectivity index (χ0n) is 6.66. The van der Waals surface area contributed by atoms with Gasteiger partial charge in [0.25, 0.3) is 0 Å². The fourth-order valence-corrected chi connectivity index (χ4v) is 1.54. The molecular weight excluding hydrogens is 180 g/mol. The summed E-state index contributed by atoms with van der Waals surface area (Å²) in [6, 6.07) is -0.938. The van der Waals surface area contributed by atoms with Crippen LogP contribution in [0.2, 0.25) is 0 Å². The fourth-order valence-electron chi connectivity index (χ4n) is 1.32. The first kappa shape index (κ1) is 9.77.